The Morgan fingerprint density at radius 1 is 1.31 bits per heavy atom. The van der Waals surface area contributed by atoms with Gasteiger partial charge in [0.25, 0.3) is 11.6 Å². The van der Waals surface area contributed by atoms with E-state index in [-0.39, 0.29) is 23.2 Å². The van der Waals surface area contributed by atoms with E-state index in [4.69, 9.17) is 4.74 Å². The van der Waals surface area contributed by atoms with Crippen molar-refractivity contribution in [3.63, 3.8) is 0 Å². The Morgan fingerprint density at radius 3 is 2.62 bits per heavy atom. The lowest BCUT2D eigenvalue weighted by molar-refractivity contribution is -0.384. The molecular formula is C18H25N3O5. The monoisotopic (exact) mass is 363 g/mol. The van der Waals surface area contributed by atoms with Gasteiger partial charge < -0.3 is 15.4 Å². The zero-order chi connectivity index (χ0) is 19.3. The zero-order valence-corrected chi connectivity index (χ0v) is 15.3. The largest absolute Gasteiger partial charge is 0.449 e. The van der Waals surface area contributed by atoms with Gasteiger partial charge >= 0.3 is 5.97 Å². The van der Waals surface area contributed by atoms with Gasteiger partial charge in [0.15, 0.2) is 6.10 Å². The van der Waals surface area contributed by atoms with Gasteiger partial charge in [-0.1, -0.05) is 19.8 Å². The van der Waals surface area contributed by atoms with Crippen LogP contribution >= 0.6 is 0 Å². The second-order valence-corrected chi connectivity index (χ2v) is 6.66. The van der Waals surface area contributed by atoms with Crippen LogP contribution in [0.4, 0.5) is 11.4 Å². The second-order valence-electron chi connectivity index (χ2n) is 6.66. The van der Waals surface area contributed by atoms with Crippen molar-refractivity contribution in [1.29, 1.82) is 0 Å². The standard InChI is InChI=1S/C18H25N3O5/c1-11-6-4-5-7-15(11)20-17(22)12(2)26-18(23)14-10-13(21(24)25)8-9-16(14)19-3/h8-12,15,19H,4-7H2,1-3H3,(H,20,22)/t11-,12-,15-/m1/s1. The van der Waals surface area contributed by atoms with Crippen LogP contribution in [0, 0.1) is 16.0 Å². The summed E-state index contributed by atoms with van der Waals surface area (Å²) in [7, 11) is 1.60. The van der Waals surface area contributed by atoms with E-state index in [1.165, 1.54) is 19.1 Å². The van der Waals surface area contributed by atoms with E-state index in [9.17, 15) is 19.7 Å². The molecule has 8 nitrogen and oxygen atoms in total. The minimum Gasteiger partial charge on any atom is -0.449 e. The molecule has 0 aliphatic heterocycles. The molecule has 1 saturated carbocycles. The van der Waals surface area contributed by atoms with Gasteiger partial charge in [0, 0.05) is 30.9 Å². The van der Waals surface area contributed by atoms with Gasteiger partial charge in [-0.3, -0.25) is 14.9 Å². The van der Waals surface area contributed by atoms with Gasteiger partial charge in [-0.2, -0.15) is 0 Å². The highest BCUT2D eigenvalue weighted by Gasteiger charge is 2.27. The van der Waals surface area contributed by atoms with E-state index in [0.29, 0.717) is 11.6 Å². The normalized spacial score (nSPS) is 20.7. The number of hydrogen-bond acceptors (Lipinski definition) is 6. The highest BCUT2D eigenvalue weighted by Crippen LogP contribution is 2.25. The number of anilines is 1. The van der Waals surface area contributed by atoms with Gasteiger partial charge in [0.1, 0.15) is 0 Å². The molecule has 0 saturated heterocycles. The molecule has 0 unspecified atom stereocenters. The molecule has 26 heavy (non-hydrogen) atoms. The molecule has 1 amide bonds. The minimum atomic E-state index is -0.986. The average Bonchev–Trinajstić information content (AvgIpc) is 2.62. The first-order valence-electron chi connectivity index (χ1n) is 8.81. The van der Waals surface area contributed by atoms with Crippen molar-refractivity contribution in [2.24, 2.45) is 5.92 Å². The third kappa shape index (κ3) is 4.71. The predicted octanol–water partition coefficient (Wildman–Crippen LogP) is 2.88. The first kappa shape index (κ1) is 19.7. The number of rotatable bonds is 6. The lowest BCUT2D eigenvalue weighted by Gasteiger charge is -2.30. The molecule has 1 fully saturated rings. The molecule has 8 heteroatoms. The first-order valence-corrected chi connectivity index (χ1v) is 8.81. The van der Waals surface area contributed by atoms with Crippen molar-refractivity contribution in [2.45, 2.75) is 51.7 Å². The molecule has 0 radical (unpaired) electrons. The zero-order valence-electron chi connectivity index (χ0n) is 15.3. The molecule has 1 aromatic rings. The van der Waals surface area contributed by atoms with E-state index in [1.54, 1.807) is 7.05 Å². The number of ether oxygens (including phenoxy) is 1. The average molecular weight is 363 g/mol. The van der Waals surface area contributed by atoms with Crippen molar-refractivity contribution in [1.82, 2.24) is 5.32 Å². The van der Waals surface area contributed by atoms with Crippen molar-refractivity contribution in [2.75, 3.05) is 12.4 Å². The van der Waals surface area contributed by atoms with Crippen LogP contribution in [0.25, 0.3) is 0 Å². The van der Waals surface area contributed by atoms with E-state index in [0.717, 1.165) is 31.7 Å². The van der Waals surface area contributed by atoms with Crippen molar-refractivity contribution >= 4 is 23.3 Å². The number of nitro groups is 1. The molecule has 0 heterocycles. The van der Waals surface area contributed by atoms with Gasteiger partial charge in [-0.05, 0) is 31.7 Å². The minimum absolute atomic E-state index is 0.0207. The summed E-state index contributed by atoms with van der Waals surface area (Å²) in [6, 6.07) is 3.96. The lowest BCUT2D eigenvalue weighted by atomic mass is 9.86. The summed E-state index contributed by atoms with van der Waals surface area (Å²) < 4.78 is 5.24. The lowest BCUT2D eigenvalue weighted by Crippen LogP contribution is -2.46. The smallest absolute Gasteiger partial charge is 0.341 e. The van der Waals surface area contributed by atoms with Gasteiger partial charge in [0.2, 0.25) is 0 Å². The Morgan fingerprint density at radius 2 is 2.00 bits per heavy atom. The molecule has 0 spiro atoms. The van der Waals surface area contributed by atoms with Crippen LogP contribution in [0.2, 0.25) is 0 Å². The van der Waals surface area contributed by atoms with Crippen LogP contribution in [-0.4, -0.2) is 36.0 Å². The van der Waals surface area contributed by atoms with Crippen LogP contribution in [0.1, 0.15) is 49.9 Å². The second kappa shape index (κ2) is 8.64. The highest BCUT2D eigenvalue weighted by molar-refractivity contribution is 5.98. The number of carbonyl (C=O) groups excluding carboxylic acids is 2. The molecule has 1 aliphatic carbocycles. The third-order valence-corrected chi connectivity index (χ3v) is 4.80. The van der Waals surface area contributed by atoms with Crippen LogP contribution < -0.4 is 10.6 Å². The van der Waals surface area contributed by atoms with E-state index >= 15 is 0 Å². The Kier molecular flexibility index (Phi) is 6.54. The molecule has 1 aromatic carbocycles. The van der Waals surface area contributed by atoms with Gasteiger partial charge in [-0.25, -0.2) is 4.79 Å². The Balaban J connectivity index is 2.05. The molecule has 0 aromatic heterocycles. The fraction of sp³-hybridized carbons (Fsp3) is 0.556. The maximum absolute atomic E-state index is 12.4. The van der Waals surface area contributed by atoms with Crippen LogP contribution in [0.3, 0.4) is 0 Å². The summed E-state index contributed by atoms with van der Waals surface area (Å²) in [6.07, 6.45) is 3.24. The number of carbonyl (C=O) groups is 2. The highest BCUT2D eigenvalue weighted by atomic mass is 16.6. The Labute approximate surface area is 152 Å². The van der Waals surface area contributed by atoms with Gasteiger partial charge in [0.05, 0.1) is 10.5 Å². The molecule has 0 bridgehead atoms. The Hall–Kier alpha value is -2.64. The third-order valence-electron chi connectivity index (χ3n) is 4.80. The Bertz CT molecular complexity index is 691. The van der Waals surface area contributed by atoms with Crippen molar-refractivity contribution in [3.8, 4) is 0 Å². The molecule has 2 N–H and O–H groups in total. The predicted molar refractivity (Wildman–Crippen MR) is 97.1 cm³/mol. The van der Waals surface area contributed by atoms with Crippen LogP contribution in [0.15, 0.2) is 18.2 Å². The summed E-state index contributed by atoms with van der Waals surface area (Å²) in [5, 5.41) is 16.7. The van der Waals surface area contributed by atoms with E-state index in [2.05, 4.69) is 17.6 Å². The number of hydrogen-bond donors (Lipinski definition) is 2. The quantitative estimate of drug-likeness (QED) is 0.457. The molecule has 2 rings (SSSR count). The summed E-state index contributed by atoms with van der Waals surface area (Å²) in [5.41, 5.74) is 0.200. The SMILES string of the molecule is CNc1ccc([N+](=O)[O-])cc1C(=O)O[C@H](C)C(=O)N[C@@H]1CCCC[C@H]1C. The molecular weight excluding hydrogens is 338 g/mol. The number of non-ortho nitro benzene ring substituents is 1. The van der Waals surface area contributed by atoms with Gasteiger partial charge in [-0.15, -0.1) is 0 Å². The van der Waals surface area contributed by atoms with Crippen LogP contribution in [0.5, 0.6) is 0 Å². The summed E-state index contributed by atoms with van der Waals surface area (Å²) in [4.78, 5) is 35.1. The fourth-order valence-electron chi connectivity index (χ4n) is 3.14. The fourth-order valence-corrected chi connectivity index (χ4v) is 3.14. The van der Waals surface area contributed by atoms with Crippen molar-refractivity contribution < 1.29 is 19.2 Å². The number of nitrogens with one attached hydrogen (secondary N) is 2. The topological polar surface area (TPSA) is 111 Å². The summed E-state index contributed by atoms with van der Waals surface area (Å²) in [5.74, 6) is -0.741. The molecule has 1 aliphatic rings. The molecule has 142 valence electrons. The number of benzene rings is 1. The van der Waals surface area contributed by atoms with E-state index < -0.39 is 17.0 Å². The summed E-state index contributed by atoms with van der Waals surface area (Å²) >= 11 is 0. The first-order chi connectivity index (χ1) is 12.3. The number of esters is 1. The maximum Gasteiger partial charge on any atom is 0.341 e. The maximum atomic E-state index is 12.4. The van der Waals surface area contributed by atoms with E-state index in [1.807, 2.05) is 0 Å². The number of nitrogens with zero attached hydrogens (tertiary/aromatic N) is 1. The number of amides is 1. The summed E-state index contributed by atoms with van der Waals surface area (Å²) in [6.45, 7) is 3.60. The molecule has 3 atom stereocenters. The number of nitro benzene ring substituents is 1. The van der Waals surface area contributed by atoms with Crippen LogP contribution in [-0.2, 0) is 9.53 Å². The van der Waals surface area contributed by atoms with Crippen molar-refractivity contribution in [3.05, 3.63) is 33.9 Å².